The second-order valence-electron chi connectivity index (χ2n) is 13.0. The number of primary amides is 1. The van der Waals surface area contributed by atoms with Crippen LogP contribution in [0.2, 0.25) is 5.02 Å². The summed E-state index contributed by atoms with van der Waals surface area (Å²) < 4.78 is 95.6. The number of anilines is 1. The molecule has 7 aromatic rings. The average Bonchev–Trinajstić information content (AvgIpc) is 3.54. The Morgan fingerprint density at radius 1 is 1.00 bits per heavy atom. The number of benzene rings is 4. The van der Waals surface area contributed by atoms with Crippen LogP contribution in [0, 0.1) is 11.6 Å². The molecule has 0 saturated carbocycles. The highest BCUT2D eigenvalue weighted by Gasteiger charge is 2.29. The number of nitrogens with two attached hydrogens (primary N) is 1. The summed E-state index contributed by atoms with van der Waals surface area (Å²) in [5.74, 6) is -1.74. The van der Waals surface area contributed by atoms with E-state index in [1.165, 1.54) is 49.2 Å². The lowest BCUT2D eigenvalue weighted by Crippen LogP contribution is -2.30. The molecule has 14 nitrogen and oxygen atoms in total. The molecule has 59 heavy (non-hydrogen) atoms. The van der Waals surface area contributed by atoms with Gasteiger partial charge in [-0.1, -0.05) is 29.8 Å². The summed E-state index contributed by atoms with van der Waals surface area (Å²) in [6.45, 7) is -0.0666. The van der Waals surface area contributed by atoms with Crippen molar-refractivity contribution < 1.29 is 40.6 Å². The van der Waals surface area contributed by atoms with E-state index < -0.39 is 59.2 Å². The van der Waals surface area contributed by atoms with Crippen LogP contribution >= 0.6 is 11.6 Å². The molecule has 0 fully saturated rings. The number of carbonyl (C=O) groups excluding carboxylic acids is 1. The summed E-state index contributed by atoms with van der Waals surface area (Å²) in [7, 11) is 3.02. The molecule has 304 valence electrons. The second kappa shape index (κ2) is 16.8. The van der Waals surface area contributed by atoms with Crippen LogP contribution < -0.4 is 20.3 Å². The van der Waals surface area contributed by atoms with E-state index in [1.54, 1.807) is 24.3 Å². The fraction of sp³-hybridized carbons (Fsp3) is 0.179. The van der Waals surface area contributed by atoms with Crippen molar-refractivity contribution in [2.24, 2.45) is 12.8 Å². The molecule has 1 amide bonds. The van der Waals surface area contributed by atoms with Crippen molar-refractivity contribution >= 4 is 56.6 Å². The van der Waals surface area contributed by atoms with Crippen molar-refractivity contribution in [1.29, 1.82) is 0 Å². The topological polar surface area (TPSA) is 183 Å². The van der Waals surface area contributed by atoms with Crippen molar-refractivity contribution in [1.82, 2.24) is 29.3 Å². The summed E-state index contributed by atoms with van der Waals surface area (Å²) in [6, 6.07) is 17.7. The fourth-order valence-electron chi connectivity index (χ4n) is 6.66. The van der Waals surface area contributed by atoms with Gasteiger partial charge in [0, 0.05) is 49.1 Å². The molecule has 3 aromatic heterocycles. The number of alkyl halides is 2. The SMILES string of the molecule is COc1ccc(CCN(c2nn(C)c3c(-n4c(C(Cc5cc(F)cc(F)c5)OC(N)=O)nc5cc(-c6nccc(C(F)F)n6)ccc5c4=O)ccc(Cl)c23)S(=O)[O-])cc1. The normalized spacial score (nSPS) is 12.6. The summed E-state index contributed by atoms with van der Waals surface area (Å²) in [5, 5.41) is 4.68. The number of hydrogen-bond donors (Lipinski definition) is 1. The maximum absolute atomic E-state index is 14.8. The number of hydrogen-bond acceptors (Lipinski definition) is 10. The Labute approximate surface area is 339 Å². The predicted octanol–water partition coefficient (Wildman–Crippen LogP) is 6.83. The number of fused-ring (bicyclic) bond motifs is 2. The van der Waals surface area contributed by atoms with E-state index >= 15 is 0 Å². The Morgan fingerprint density at radius 3 is 2.39 bits per heavy atom. The first-order valence-corrected chi connectivity index (χ1v) is 18.9. The molecular weight excluding hydrogens is 820 g/mol. The van der Waals surface area contributed by atoms with Crippen molar-refractivity contribution in [3.63, 3.8) is 0 Å². The van der Waals surface area contributed by atoms with Gasteiger partial charge in [0.1, 0.15) is 23.1 Å². The number of aryl methyl sites for hydroxylation is 1. The lowest BCUT2D eigenvalue weighted by atomic mass is 10.1. The summed E-state index contributed by atoms with van der Waals surface area (Å²) in [6.07, 6.45) is -4.86. The molecule has 0 aliphatic rings. The highest BCUT2D eigenvalue weighted by molar-refractivity contribution is 7.80. The van der Waals surface area contributed by atoms with E-state index in [9.17, 15) is 35.9 Å². The van der Waals surface area contributed by atoms with Gasteiger partial charge in [-0.05, 0) is 72.1 Å². The third kappa shape index (κ3) is 8.43. The van der Waals surface area contributed by atoms with E-state index in [1.807, 2.05) is 0 Å². The lowest BCUT2D eigenvalue weighted by molar-refractivity contribution is 0.1000. The van der Waals surface area contributed by atoms with Gasteiger partial charge in [0.05, 0.1) is 39.6 Å². The third-order valence-corrected chi connectivity index (χ3v) is 10.3. The molecule has 4 aromatic carbocycles. The van der Waals surface area contributed by atoms with Crippen LogP contribution in [-0.2, 0) is 35.9 Å². The molecule has 0 bridgehead atoms. The van der Waals surface area contributed by atoms with E-state index in [-0.39, 0.29) is 74.1 Å². The van der Waals surface area contributed by atoms with E-state index in [4.69, 9.17) is 31.8 Å². The van der Waals surface area contributed by atoms with Crippen molar-refractivity contribution in [2.45, 2.75) is 25.4 Å². The standard InChI is InChI=1S/C39H31ClF4N8O6S/c1-50-33-30(10-9-27(40)32(33)37(49-50)51(59(55)56)14-12-20-3-6-25(57-2)7-4-20)52-36(31(58-39(45)54)17-21-15-23(41)19-24(42)16-21)48-29-18-22(5-8-26(29)38(52)53)35-46-13-11-28(47-35)34(43)44/h3-11,13,15-16,18-19,31,34H,12,14,17H2,1-2H3,(H2,45,54)(H,55,56)/p-1. The van der Waals surface area contributed by atoms with Crippen LogP contribution in [0.4, 0.5) is 28.2 Å². The summed E-state index contributed by atoms with van der Waals surface area (Å²) in [5.41, 5.74) is 5.32. The Balaban J connectivity index is 1.45. The van der Waals surface area contributed by atoms with Crippen LogP contribution in [0.25, 0.3) is 38.9 Å². The number of nitrogens with zero attached hydrogens (tertiary/aromatic N) is 7. The predicted molar refractivity (Wildman–Crippen MR) is 209 cm³/mol. The van der Waals surface area contributed by atoms with Gasteiger partial charge in [-0.2, -0.15) is 5.10 Å². The highest BCUT2D eigenvalue weighted by atomic mass is 35.5. The average molecular weight is 850 g/mol. The first-order valence-electron chi connectivity index (χ1n) is 17.5. The Kier molecular flexibility index (Phi) is 11.6. The van der Waals surface area contributed by atoms with Crippen LogP contribution in [0.1, 0.15) is 35.2 Å². The number of rotatable bonds is 13. The molecule has 0 spiro atoms. The minimum Gasteiger partial charge on any atom is -0.755 e. The van der Waals surface area contributed by atoms with Gasteiger partial charge < -0.3 is 19.8 Å². The zero-order valence-corrected chi connectivity index (χ0v) is 32.4. The number of methoxy groups -OCH3 is 1. The van der Waals surface area contributed by atoms with Crippen molar-refractivity contribution in [3.8, 4) is 22.8 Å². The molecule has 2 atom stereocenters. The van der Waals surface area contributed by atoms with Gasteiger partial charge in [0.15, 0.2) is 23.6 Å². The van der Waals surface area contributed by atoms with E-state index in [2.05, 4.69) is 15.1 Å². The van der Waals surface area contributed by atoms with E-state index in [0.29, 0.717) is 11.8 Å². The molecule has 2 unspecified atom stereocenters. The molecule has 0 radical (unpaired) electrons. The maximum atomic E-state index is 14.8. The molecule has 0 saturated heterocycles. The van der Waals surface area contributed by atoms with Crippen LogP contribution in [-0.4, -0.2) is 57.8 Å². The minimum absolute atomic E-state index is 0.00453. The van der Waals surface area contributed by atoms with Crippen molar-refractivity contribution in [3.05, 3.63) is 135 Å². The van der Waals surface area contributed by atoms with Gasteiger partial charge in [-0.15, -0.1) is 0 Å². The van der Waals surface area contributed by atoms with Gasteiger partial charge in [-0.25, -0.2) is 37.3 Å². The first-order chi connectivity index (χ1) is 28.2. The van der Waals surface area contributed by atoms with Crippen LogP contribution in [0.5, 0.6) is 5.75 Å². The summed E-state index contributed by atoms with van der Waals surface area (Å²) >= 11 is 3.90. The zero-order valence-electron chi connectivity index (χ0n) is 30.8. The molecular formula is C39H30ClF4N8O6S-. The fourth-order valence-corrected chi connectivity index (χ4v) is 7.41. The Morgan fingerprint density at radius 2 is 1.73 bits per heavy atom. The number of halogens is 5. The number of carbonyl (C=O) groups is 1. The lowest BCUT2D eigenvalue weighted by Gasteiger charge is -2.25. The van der Waals surface area contributed by atoms with Gasteiger partial charge in [0.25, 0.3) is 12.0 Å². The quantitative estimate of drug-likeness (QED) is 0.0954. The first kappa shape index (κ1) is 40.7. The maximum Gasteiger partial charge on any atom is 0.405 e. The Hall–Kier alpha value is -6.44. The molecule has 7 rings (SSSR count). The van der Waals surface area contributed by atoms with Crippen LogP contribution in [0.3, 0.4) is 0 Å². The van der Waals surface area contributed by atoms with Crippen molar-refractivity contribution in [2.75, 3.05) is 18.0 Å². The molecule has 0 aliphatic heterocycles. The monoisotopic (exact) mass is 849 g/mol. The zero-order chi connectivity index (χ0) is 42.1. The molecule has 0 aliphatic carbocycles. The van der Waals surface area contributed by atoms with Gasteiger partial charge in [-0.3, -0.25) is 22.6 Å². The number of amides is 1. The van der Waals surface area contributed by atoms with Crippen LogP contribution in [0.15, 0.2) is 89.9 Å². The third-order valence-electron chi connectivity index (χ3n) is 9.26. The highest BCUT2D eigenvalue weighted by Crippen LogP contribution is 2.38. The largest absolute Gasteiger partial charge is 0.755 e. The van der Waals surface area contributed by atoms with Gasteiger partial charge in [0.2, 0.25) is 0 Å². The second-order valence-corrected chi connectivity index (χ2v) is 14.3. The number of ether oxygens (including phenoxy) is 2. The smallest absolute Gasteiger partial charge is 0.405 e. The molecule has 3 heterocycles. The Bertz CT molecular complexity index is 2810. The molecule has 2 N–H and O–H groups in total. The van der Waals surface area contributed by atoms with E-state index in [0.717, 1.165) is 38.8 Å². The van der Waals surface area contributed by atoms with Gasteiger partial charge >= 0.3 is 6.09 Å². The number of aromatic nitrogens is 6. The molecule has 20 heteroatoms. The minimum atomic E-state index is -2.90. The summed E-state index contributed by atoms with van der Waals surface area (Å²) in [4.78, 5) is 40.0.